The fourth-order valence-electron chi connectivity index (χ4n) is 9.09. The summed E-state index contributed by atoms with van der Waals surface area (Å²) in [4.78, 5) is 40.6. The molecule has 0 aliphatic rings. The van der Waals surface area contributed by atoms with E-state index in [1.807, 2.05) is 95.8 Å². The van der Waals surface area contributed by atoms with Crippen LogP contribution in [-0.2, 0) is 13.1 Å². The molecule has 0 radical (unpaired) electrons. The highest BCUT2D eigenvalue weighted by Gasteiger charge is 2.24. The van der Waals surface area contributed by atoms with Crippen molar-refractivity contribution in [1.82, 2.24) is 70.6 Å². The average molecular weight is 912 g/mol. The second kappa shape index (κ2) is 16.8. The molecule has 0 bridgehead atoms. The fourth-order valence-corrected chi connectivity index (χ4v) is 9.09. The van der Waals surface area contributed by atoms with Crippen molar-refractivity contribution in [2.45, 2.75) is 13.1 Å². The molecule has 10 aromatic heterocycles. The Hall–Kier alpha value is -9.80. The molecular formula is C54H39N16+. The Morgan fingerprint density at radius 2 is 1.21 bits per heavy atom. The van der Waals surface area contributed by atoms with E-state index in [1.54, 1.807) is 31.0 Å². The smallest absolute Gasteiger partial charge is 0.267 e. The molecule has 3 aromatic carbocycles. The number of fused-ring (bicyclic) bond motifs is 4. The van der Waals surface area contributed by atoms with Crippen molar-refractivity contribution in [1.29, 1.82) is 0 Å². The Morgan fingerprint density at radius 3 is 2.03 bits per heavy atom. The molecule has 13 rings (SSSR count). The van der Waals surface area contributed by atoms with E-state index in [0.717, 1.165) is 95.2 Å². The Kier molecular flexibility index (Phi) is 9.72. The SMILES string of the molecule is Nc1cncc(-c2cnc3[nH]nc(-c4nc5c(-c6cccc(-[n+]7cc(-c8cncc(CNCc9ccccc9)c8)cc8c(-c9nc%10c(-c%11ccncc%11)cccc%10[nH]9)n[nH]c87)n6)cccc5[nH]4)c3c2)c1. The zero-order valence-corrected chi connectivity index (χ0v) is 37.1. The van der Waals surface area contributed by atoms with Gasteiger partial charge in [-0.1, -0.05) is 54.6 Å². The van der Waals surface area contributed by atoms with Crippen LogP contribution in [0.4, 0.5) is 5.69 Å². The minimum absolute atomic E-state index is 0.571. The average Bonchev–Trinajstić information content (AvgIpc) is 4.24. The lowest BCUT2D eigenvalue weighted by atomic mass is 10.1. The number of aromatic amines is 4. The number of hydrogen-bond acceptors (Lipinski definition) is 11. The molecule has 16 nitrogen and oxygen atoms in total. The maximum atomic E-state index is 6.06. The number of nitrogen functional groups attached to an aromatic ring is 1. The van der Waals surface area contributed by atoms with Crippen molar-refractivity contribution in [3.8, 4) is 73.5 Å². The van der Waals surface area contributed by atoms with Crippen molar-refractivity contribution in [3.63, 3.8) is 0 Å². The first kappa shape index (κ1) is 40.5. The molecule has 0 saturated heterocycles. The van der Waals surface area contributed by atoms with Gasteiger partial charge in [-0.05, 0) is 77.4 Å². The number of nitrogens with one attached hydrogen (secondary N) is 5. The van der Waals surface area contributed by atoms with Crippen molar-refractivity contribution < 1.29 is 4.57 Å². The fraction of sp³-hybridized carbons (Fsp3) is 0.0370. The van der Waals surface area contributed by atoms with Crippen LogP contribution in [-0.4, -0.2) is 65.3 Å². The molecule has 10 heterocycles. The summed E-state index contributed by atoms with van der Waals surface area (Å²) >= 11 is 0. The molecule has 0 atom stereocenters. The summed E-state index contributed by atoms with van der Waals surface area (Å²) in [6.45, 7) is 1.39. The highest BCUT2D eigenvalue weighted by molar-refractivity contribution is 5.98. The lowest BCUT2D eigenvalue weighted by Crippen LogP contribution is -2.33. The molecule has 13 aromatic rings. The molecule has 0 fully saturated rings. The van der Waals surface area contributed by atoms with Gasteiger partial charge in [-0.3, -0.25) is 20.1 Å². The quantitative estimate of drug-likeness (QED) is 0.0671. The molecule has 0 spiro atoms. The summed E-state index contributed by atoms with van der Waals surface area (Å²) in [5, 5.41) is 21.2. The molecule has 334 valence electrons. The largest absolute Gasteiger partial charge is 0.397 e. The van der Waals surface area contributed by atoms with Gasteiger partial charge in [0, 0.05) is 95.9 Å². The molecule has 0 unspecified atom stereocenters. The lowest BCUT2D eigenvalue weighted by molar-refractivity contribution is -0.572. The number of rotatable bonds is 11. The Labute approximate surface area is 397 Å². The van der Waals surface area contributed by atoms with Crippen LogP contribution in [0, 0.1) is 0 Å². The van der Waals surface area contributed by atoms with Gasteiger partial charge >= 0.3 is 0 Å². The van der Waals surface area contributed by atoms with E-state index in [4.69, 9.17) is 30.8 Å². The number of hydrogen-bond donors (Lipinski definition) is 6. The molecule has 0 aliphatic heterocycles. The maximum Gasteiger partial charge on any atom is 0.267 e. The number of para-hydroxylation sites is 2. The zero-order valence-electron chi connectivity index (χ0n) is 37.1. The standard InChI is InChI=1S/C54H38N16/c55-38-20-35(27-59-29-38)36-21-41-49(66-68-51(41)60-28-36)52-63-45-13-5-10-40(48(45)65-52)43-11-6-14-46(61-43)70-30-37(34-19-32(25-58-26-34)24-57-23-31-7-2-1-3-8-31)22-42-50(67-69-54(42)70)53-62-44-12-4-9-39(47(44)64-53)33-15-17-56-18-16-33/h1-22,25-30,57H,23-24,55H2,(H3,56,60,61,62,63,64,65,66,67,68)/p+1. The summed E-state index contributed by atoms with van der Waals surface area (Å²) in [6, 6.07) is 40.7. The van der Waals surface area contributed by atoms with Crippen LogP contribution in [0.1, 0.15) is 11.1 Å². The van der Waals surface area contributed by atoms with Crippen LogP contribution in [0.5, 0.6) is 0 Å². The first-order valence-electron chi connectivity index (χ1n) is 22.6. The molecular weight excluding hydrogens is 873 g/mol. The summed E-state index contributed by atoms with van der Waals surface area (Å²) < 4.78 is 2.04. The van der Waals surface area contributed by atoms with Gasteiger partial charge in [0.2, 0.25) is 0 Å². The third-order valence-electron chi connectivity index (χ3n) is 12.5. The van der Waals surface area contributed by atoms with E-state index in [-0.39, 0.29) is 0 Å². The van der Waals surface area contributed by atoms with E-state index >= 15 is 0 Å². The predicted molar refractivity (Wildman–Crippen MR) is 270 cm³/mol. The number of H-pyrrole nitrogens is 4. The summed E-state index contributed by atoms with van der Waals surface area (Å²) in [7, 11) is 0. The van der Waals surface area contributed by atoms with Crippen molar-refractivity contribution in [2.24, 2.45) is 0 Å². The van der Waals surface area contributed by atoms with E-state index in [0.29, 0.717) is 46.7 Å². The second-order valence-electron chi connectivity index (χ2n) is 17.0. The number of benzene rings is 3. The van der Waals surface area contributed by atoms with Gasteiger partial charge in [-0.25, -0.2) is 19.5 Å². The van der Waals surface area contributed by atoms with Crippen LogP contribution >= 0.6 is 0 Å². The van der Waals surface area contributed by atoms with Gasteiger partial charge in [0.25, 0.3) is 11.5 Å². The monoisotopic (exact) mass is 911 g/mol. The third-order valence-corrected chi connectivity index (χ3v) is 12.5. The minimum Gasteiger partial charge on any atom is -0.397 e. The van der Waals surface area contributed by atoms with E-state index in [1.165, 1.54) is 5.56 Å². The molecule has 16 heteroatoms. The number of imidazole rings is 2. The summed E-state index contributed by atoms with van der Waals surface area (Å²) in [5.41, 5.74) is 22.1. The number of aromatic nitrogens is 14. The summed E-state index contributed by atoms with van der Waals surface area (Å²) in [5.74, 6) is 1.89. The maximum absolute atomic E-state index is 6.06. The molecule has 0 amide bonds. The van der Waals surface area contributed by atoms with Gasteiger partial charge in [-0.2, -0.15) is 10.2 Å². The van der Waals surface area contributed by atoms with Crippen molar-refractivity contribution >= 4 is 49.8 Å². The van der Waals surface area contributed by atoms with Crippen LogP contribution in [0.25, 0.3) is 118 Å². The molecule has 0 saturated carbocycles. The first-order valence-corrected chi connectivity index (χ1v) is 22.6. The Balaban J connectivity index is 0.911. The number of nitrogens with two attached hydrogens (primary N) is 1. The van der Waals surface area contributed by atoms with Crippen LogP contribution < -0.4 is 15.6 Å². The van der Waals surface area contributed by atoms with Gasteiger partial charge in [-0.15, -0.1) is 10.1 Å². The topological polar surface area (TPSA) is 221 Å². The third kappa shape index (κ3) is 7.33. The van der Waals surface area contributed by atoms with Crippen LogP contribution in [0.3, 0.4) is 0 Å². The number of anilines is 1. The second-order valence-corrected chi connectivity index (χ2v) is 17.0. The van der Waals surface area contributed by atoms with E-state index in [9.17, 15) is 0 Å². The molecule has 0 aliphatic carbocycles. The van der Waals surface area contributed by atoms with Gasteiger partial charge < -0.3 is 21.0 Å². The van der Waals surface area contributed by atoms with Gasteiger partial charge in [0.1, 0.15) is 11.4 Å². The van der Waals surface area contributed by atoms with Crippen molar-refractivity contribution in [2.75, 3.05) is 5.73 Å². The van der Waals surface area contributed by atoms with Gasteiger partial charge in [0.15, 0.2) is 23.0 Å². The highest BCUT2D eigenvalue weighted by Crippen LogP contribution is 2.35. The number of nitrogens with zero attached hydrogens (tertiary/aromatic N) is 10. The predicted octanol–water partition coefficient (Wildman–Crippen LogP) is 9.32. The first-order chi connectivity index (χ1) is 34.6. The molecule has 7 N–H and O–H groups in total. The Morgan fingerprint density at radius 1 is 0.529 bits per heavy atom. The normalized spacial score (nSPS) is 11.7. The van der Waals surface area contributed by atoms with E-state index < -0.39 is 0 Å². The summed E-state index contributed by atoms with van der Waals surface area (Å²) in [6.07, 6.45) is 14.6. The Bertz CT molecular complexity index is 4080. The number of pyridine rings is 6. The zero-order chi connectivity index (χ0) is 46.5. The minimum atomic E-state index is 0.571. The van der Waals surface area contributed by atoms with E-state index in [2.05, 4.69) is 94.2 Å². The van der Waals surface area contributed by atoms with Crippen LogP contribution in [0.2, 0.25) is 0 Å². The van der Waals surface area contributed by atoms with Gasteiger partial charge in [0.05, 0.1) is 44.7 Å². The van der Waals surface area contributed by atoms with Crippen LogP contribution in [0.15, 0.2) is 171 Å². The van der Waals surface area contributed by atoms with Crippen molar-refractivity contribution in [3.05, 3.63) is 182 Å². The molecule has 70 heavy (non-hydrogen) atoms. The lowest BCUT2D eigenvalue weighted by Gasteiger charge is -2.09. The highest BCUT2D eigenvalue weighted by atomic mass is 15.2.